The van der Waals surface area contributed by atoms with Crippen molar-refractivity contribution < 1.29 is 23.9 Å². The quantitative estimate of drug-likeness (QED) is 0.397. The lowest BCUT2D eigenvalue weighted by molar-refractivity contribution is -0.130. The van der Waals surface area contributed by atoms with Crippen LogP contribution in [0, 0.1) is 5.92 Å². The number of fused-ring (bicyclic) bond motifs is 1. The predicted octanol–water partition coefficient (Wildman–Crippen LogP) is 1.60. The molecule has 1 aromatic carbocycles. The van der Waals surface area contributed by atoms with Gasteiger partial charge in [0.25, 0.3) is 5.91 Å². The summed E-state index contributed by atoms with van der Waals surface area (Å²) in [5.41, 5.74) is 0.316. The SMILES string of the molecule is CC(C)C1NC(=O)CC[C@@H](C(=O)NCCCCN2CCCC2)NC(=O)c2ccccc2OCCCNC1=O. The van der Waals surface area contributed by atoms with Crippen LogP contribution in [-0.4, -0.2) is 79.9 Å². The number of likely N-dealkylation sites (tertiary alicyclic amines) is 1. The molecule has 0 aliphatic carbocycles. The van der Waals surface area contributed by atoms with Gasteiger partial charge in [0, 0.05) is 19.5 Å². The van der Waals surface area contributed by atoms with Gasteiger partial charge in [-0.25, -0.2) is 0 Å². The normalized spacial score (nSPS) is 22.1. The molecular formula is C28H43N5O5. The highest BCUT2D eigenvalue weighted by Crippen LogP contribution is 2.19. The monoisotopic (exact) mass is 529 g/mol. The number of nitrogens with zero attached hydrogens (tertiary/aromatic N) is 1. The third-order valence-corrected chi connectivity index (χ3v) is 6.96. The smallest absolute Gasteiger partial charge is 0.255 e. The Morgan fingerprint density at radius 2 is 1.84 bits per heavy atom. The molecule has 2 atom stereocenters. The van der Waals surface area contributed by atoms with Gasteiger partial charge in [0.05, 0.1) is 12.2 Å². The van der Waals surface area contributed by atoms with E-state index in [1.54, 1.807) is 24.3 Å². The summed E-state index contributed by atoms with van der Waals surface area (Å²) in [5, 5.41) is 11.4. The number of hydrogen-bond donors (Lipinski definition) is 4. The molecule has 0 bridgehead atoms. The molecule has 10 heteroatoms. The molecule has 38 heavy (non-hydrogen) atoms. The Balaban J connectivity index is 1.67. The predicted molar refractivity (Wildman–Crippen MR) is 145 cm³/mol. The van der Waals surface area contributed by atoms with Crippen molar-refractivity contribution in [3.8, 4) is 5.75 Å². The number of carbonyl (C=O) groups is 4. The summed E-state index contributed by atoms with van der Waals surface area (Å²) < 4.78 is 5.83. The number of para-hydroxylation sites is 1. The fourth-order valence-corrected chi connectivity index (χ4v) is 4.72. The molecule has 2 aliphatic rings. The first-order valence-corrected chi connectivity index (χ1v) is 13.9. The van der Waals surface area contributed by atoms with Gasteiger partial charge in [0.1, 0.15) is 17.8 Å². The van der Waals surface area contributed by atoms with Gasteiger partial charge in [-0.05, 0) is 76.2 Å². The van der Waals surface area contributed by atoms with E-state index in [4.69, 9.17) is 4.74 Å². The summed E-state index contributed by atoms with van der Waals surface area (Å²) in [4.78, 5) is 54.1. The van der Waals surface area contributed by atoms with E-state index < -0.39 is 18.0 Å². The maximum absolute atomic E-state index is 13.2. The first-order valence-electron chi connectivity index (χ1n) is 13.9. The van der Waals surface area contributed by atoms with Crippen molar-refractivity contribution in [2.45, 2.75) is 70.9 Å². The van der Waals surface area contributed by atoms with Crippen LogP contribution in [-0.2, 0) is 14.4 Å². The molecule has 1 saturated heterocycles. The summed E-state index contributed by atoms with van der Waals surface area (Å²) in [6.45, 7) is 8.22. The number of hydrogen-bond acceptors (Lipinski definition) is 6. The number of carbonyl (C=O) groups excluding carboxylic acids is 4. The first-order chi connectivity index (χ1) is 18.3. The van der Waals surface area contributed by atoms with Crippen molar-refractivity contribution in [1.29, 1.82) is 0 Å². The maximum atomic E-state index is 13.2. The van der Waals surface area contributed by atoms with E-state index in [0.29, 0.717) is 37.4 Å². The van der Waals surface area contributed by atoms with E-state index >= 15 is 0 Å². The van der Waals surface area contributed by atoms with E-state index in [1.165, 1.54) is 12.8 Å². The van der Waals surface area contributed by atoms with Crippen LogP contribution < -0.4 is 26.0 Å². The van der Waals surface area contributed by atoms with Gasteiger partial charge < -0.3 is 30.9 Å². The summed E-state index contributed by atoms with van der Waals surface area (Å²) in [6.07, 6.45) is 4.96. The summed E-state index contributed by atoms with van der Waals surface area (Å²) >= 11 is 0. The standard InChI is InChI=1S/C28H43N5O5/c1-20(2)25-28(37)30-15-9-19-38-23-11-4-3-10-21(23)26(35)31-22(12-13-24(34)32-25)27(36)29-14-5-6-16-33-17-7-8-18-33/h3-4,10-11,20,22,25H,5-9,12-19H2,1-2H3,(H,29,36)(H,30,37)(H,31,35)(H,32,34)/t22-,25?/m0/s1. The van der Waals surface area contributed by atoms with Crippen molar-refractivity contribution >= 4 is 23.6 Å². The van der Waals surface area contributed by atoms with Crippen LogP contribution in [0.4, 0.5) is 0 Å². The molecule has 2 aliphatic heterocycles. The lowest BCUT2D eigenvalue weighted by Gasteiger charge is -2.23. The lowest BCUT2D eigenvalue weighted by Crippen LogP contribution is -2.51. The van der Waals surface area contributed by atoms with Crippen molar-refractivity contribution in [2.24, 2.45) is 5.92 Å². The molecule has 1 unspecified atom stereocenters. The fourth-order valence-electron chi connectivity index (χ4n) is 4.72. The van der Waals surface area contributed by atoms with Crippen LogP contribution in [0.15, 0.2) is 24.3 Å². The molecular weight excluding hydrogens is 486 g/mol. The van der Waals surface area contributed by atoms with Gasteiger partial charge >= 0.3 is 0 Å². The van der Waals surface area contributed by atoms with Crippen LogP contribution >= 0.6 is 0 Å². The van der Waals surface area contributed by atoms with Crippen molar-refractivity contribution in [2.75, 3.05) is 39.3 Å². The Hall–Kier alpha value is -3.14. The summed E-state index contributed by atoms with van der Waals surface area (Å²) in [5.74, 6) is -1.06. The minimum atomic E-state index is -0.904. The molecule has 10 nitrogen and oxygen atoms in total. The van der Waals surface area contributed by atoms with Crippen molar-refractivity contribution in [3.63, 3.8) is 0 Å². The molecule has 0 saturated carbocycles. The Kier molecular flexibility index (Phi) is 11.9. The molecule has 2 heterocycles. The van der Waals surface area contributed by atoms with Crippen LogP contribution in [0.25, 0.3) is 0 Å². The van der Waals surface area contributed by atoms with Crippen molar-refractivity contribution in [3.05, 3.63) is 29.8 Å². The highest BCUT2D eigenvalue weighted by molar-refractivity contribution is 5.99. The second kappa shape index (κ2) is 15.3. The highest BCUT2D eigenvalue weighted by atomic mass is 16.5. The Morgan fingerprint density at radius 3 is 2.61 bits per heavy atom. The maximum Gasteiger partial charge on any atom is 0.255 e. The molecule has 1 aromatic rings. The number of amides is 4. The zero-order valence-electron chi connectivity index (χ0n) is 22.7. The van der Waals surface area contributed by atoms with E-state index in [2.05, 4.69) is 26.2 Å². The average Bonchev–Trinajstić information content (AvgIpc) is 3.42. The number of unbranched alkanes of at least 4 members (excludes halogenated alkanes) is 1. The van der Waals surface area contributed by atoms with Gasteiger partial charge in [0.15, 0.2) is 0 Å². The van der Waals surface area contributed by atoms with E-state index in [-0.39, 0.29) is 36.5 Å². The second-order valence-electron chi connectivity index (χ2n) is 10.4. The highest BCUT2D eigenvalue weighted by Gasteiger charge is 2.27. The molecule has 210 valence electrons. The number of benzene rings is 1. The first kappa shape index (κ1) is 29.4. The van der Waals surface area contributed by atoms with E-state index in [9.17, 15) is 19.2 Å². The van der Waals surface area contributed by atoms with E-state index in [1.807, 2.05) is 13.8 Å². The Labute approximate surface area is 225 Å². The van der Waals surface area contributed by atoms with Crippen LogP contribution in [0.5, 0.6) is 5.75 Å². The fraction of sp³-hybridized carbons (Fsp3) is 0.643. The summed E-state index contributed by atoms with van der Waals surface area (Å²) in [6, 6.07) is 5.26. The van der Waals surface area contributed by atoms with Crippen LogP contribution in [0.2, 0.25) is 0 Å². The Morgan fingerprint density at radius 1 is 1.08 bits per heavy atom. The van der Waals surface area contributed by atoms with Crippen molar-refractivity contribution in [1.82, 2.24) is 26.2 Å². The summed E-state index contributed by atoms with van der Waals surface area (Å²) in [7, 11) is 0. The molecule has 4 amide bonds. The van der Waals surface area contributed by atoms with Gasteiger partial charge in [-0.15, -0.1) is 0 Å². The molecule has 0 spiro atoms. The lowest BCUT2D eigenvalue weighted by atomic mass is 10.0. The topological polar surface area (TPSA) is 129 Å². The largest absolute Gasteiger partial charge is 0.493 e. The minimum absolute atomic E-state index is 0.0119. The van der Waals surface area contributed by atoms with Gasteiger partial charge in [-0.3, -0.25) is 19.2 Å². The average molecular weight is 530 g/mol. The minimum Gasteiger partial charge on any atom is -0.493 e. The zero-order chi connectivity index (χ0) is 27.3. The van der Waals surface area contributed by atoms with Crippen LogP contribution in [0.3, 0.4) is 0 Å². The van der Waals surface area contributed by atoms with E-state index in [0.717, 1.165) is 32.5 Å². The zero-order valence-corrected chi connectivity index (χ0v) is 22.7. The number of ether oxygens (including phenoxy) is 1. The number of rotatable bonds is 7. The molecule has 0 aromatic heterocycles. The molecule has 4 N–H and O–H groups in total. The van der Waals surface area contributed by atoms with Crippen LogP contribution in [0.1, 0.15) is 69.2 Å². The Bertz CT molecular complexity index is 947. The van der Waals surface area contributed by atoms with Gasteiger partial charge in [-0.1, -0.05) is 26.0 Å². The van der Waals surface area contributed by atoms with Gasteiger partial charge in [0.2, 0.25) is 17.7 Å². The third kappa shape index (κ3) is 9.31. The molecule has 0 radical (unpaired) electrons. The van der Waals surface area contributed by atoms with Gasteiger partial charge in [-0.2, -0.15) is 0 Å². The number of nitrogens with one attached hydrogen (secondary N) is 4. The molecule has 3 rings (SSSR count). The second-order valence-corrected chi connectivity index (χ2v) is 10.4. The molecule has 1 fully saturated rings. The third-order valence-electron chi connectivity index (χ3n) is 6.96.